The van der Waals surface area contributed by atoms with E-state index in [4.69, 9.17) is 4.74 Å². The minimum absolute atomic E-state index is 0.680. The third-order valence-corrected chi connectivity index (χ3v) is 3.60. The molecule has 1 aromatic carbocycles. The predicted octanol–water partition coefficient (Wildman–Crippen LogP) is 2.75. The third-order valence-electron chi connectivity index (χ3n) is 3.60. The maximum atomic E-state index is 10.5. The summed E-state index contributed by atoms with van der Waals surface area (Å²) in [7, 11) is 0. The standard InChI is InChI=1S/C15H21NO2/c1-13-4-2-3-9-16(13)10-11-18-15-7-5-14(12-17)6-8-15/h5-8,12-13H,2-4,9-11H2,1H3/t13-/m0/s1. The van der Waals surface area contributed by atoms with Crippen LogP contribution in [0.5, 0.6) is 5.75 Å². The molecule has 0 N–H and O–H groups in total. The molecule has 0 spiro atoms. The summed E-state index contributed by atoms with van der Waals surface area (Å²) < 4.78 is 5.70. The number of rotatable bonds is 5. The highest BCUT2D eigenvalue weighted by Crippen LogP contribution is 2.16. The molecule has 1 atom stereocenters. The highest BCUT2D eigenvalue weighted by atomic mass is 16.5. The first-order valence-corrected chi connectivity index (χ1v) is 6.71. The first-order chi connectivity index (χ1) is 8.79. The molecule has 2 rings (SSSR count). The predicted molar refractivity (Wildman–Crippen MR) is 72.2 cm³/mol. The Morgan fingerprint density at radius 1 is 1.33 bits per heavy atom. The summed E-state index contributed by atoms with van der Waals surface area (Å²) in [6.07, 6.45) is 4.80. The fourth-order valence-corrected chi connectivity index (χ4v) is 2.41. The van der Waals surface area contributed by atoms with Gasteiger partial charge >= 0.3 is 0 Å². The Labute approximate surface area is 109 Å². The van der Waals surface area contributed by atoms with Crippen LogP contribution in [0.3, 0.4) is 0 Å². The zero-order chi connectivity index (χ0) is 12.8. The SMILES string of the molecule is C[C@H]1CCCCN1CCOc1ccc(C=O)cc1. The lowest BCUT2D eigenvalue weighted by molar-refractivity contribution is 0.112. The molecule has 1 aromatic rings. The average Bonchev–Trinajstić information content (AvgIpc) is 2.42. The Kier molecular flexibility index (Phi) is 4.76. The Bertz CT molecular complexity index is 375. The van der Waals surface area contributed by atoms with Crippen LogP contribution in [0, 0.1) is 0 Å². The van der Waals surface area contributed by atoms with E-state index in [1.807, 2.05) is 12.1 Å². The summed E-state index contributed by atoms with van der Waals surface area (Å²) in [4.78, 5) is 13.0. The van der Waals surface area contributed by atoms with Gasteiger partial charge in [0, 0.05) is 18.2 Å². The quantitative estimate of drug-likeness (QED) is 0.749. The molecule has 18 heavy (non-hydrogen) atoms. The molecule has 0 aromatic heterocycles. The van der Waals surface area contributed by atoms with Crippen LogP contribution in [0.15, 0.2) is 24.3 Å². The van der Waals surface area contributed by atoms with Gasteiger partial charge < -0.3 is 4.74 Å². The van der Waals surface area contributed by atoms with Gasteiger partial charge in [-0.3, -0.25) is 9.69 Å². The van der Waals surface area contributed by atoms with Crippen LogP contribution < -0.4 is 4.74 Å². The summed E-state index contributed by atoms with van der Waals surface area (Å²) in [5.41, 5.74) is 0.687. The lowest BCUT2D eigenvalue weighted by atomic mass is 10.0. The van der Waals surface area contributed by atoms with Crippen molar-refractivity contribution in [1.82, 2.24) is 4.90 Å². The molecular formula is C15H21NO2. The summed E-state index contributed by atoms with van der Waals surface area (Å²) in [5, 5.41) is 0. The number of carbonyl (C=O) groups is 1. The summed E-state index contributed by atoms with van der Waals surface area (Å²) >= 11 is 0. The minimum atomic E-state index is 0.680. The second-order valence-electron chi connectivity index (χ2n) is 4.92. The molecular weight excluding hydrogens is 226 g/mol. The van der Waals surface area contributed by atoms with Crippen molar-refractivity contribution in [2.75, 3.05) is 19.7 Å². The molecule has 0 radical (unpaired) electrons. The van der Waals surface area contributed by atoms with Gasteiger partial charge in [0.1, 0.15) is 18.6 Å². The molecule has 1 saturated heterocycles. The number of carbonyl (C=O) groups excluding carboxylic acids is 1. The zero-order valence-electron chi connectivity index (χ0n) is 11.0. The van der Waals surface area contributed by atoms with E-state index < -0.39 is 0 Å². The summed E-state index contributed by atoms with van der Waals surface area (Å²) in [5.74, 6) is 0.838. The van der Waals surface area contributed by atoms with E-state index in [-0.39, 0.29) is 0 Å². The van der Waals surface area contributed by atoms with Gasteiger partial charge in [0.2, 0.25) is 0 Å². The van der Waals surface area contributed by atoms with E-state index in [0.29, 0.717) is 18.2 Å². The number of hydrogen-bond donors (Lipinski definition) is 0. The second-order valence-corrected chi connectivity index (χ2v) is 4.92. The van der Waals surface area contributed by atoms with Crippen LogP contribution >= 0.6 is 0 Å². The van der Waals surface area contributed by atoms with Crippen LogP contribution in [0.1, 0.15) is 36.5 Å². The van der Waals surface area contributed by atoms with E-state index in [1.54, 1.807) is 12.1 Å². The third kappa shape index (κ3) is 3.57. The summed E-state index contributed by atoms with van der Waals surface area (Å²) in [6.45, 7) is 5.17. The molecule has 98 valence electrons. The molecule has 3 nitrogen and oxygen atoms in total. The number of hydrogen-bond acceptors (Lipinski definition) is 3. The van der Waals surface area contributed by atoms with Crippen molar-refractivity contribution in [3.63, 3.8) is 0 Å². The number of piperidine rings is 1. The molecule has 1 aliphatic rings. The van der Waals surface area contributed by atoms with E-state index in [2.05, 4.69) is 11.8 Å². The normalized spacial score (nSPS) is 20.6. The van der Waals surface area contributed by atoms with Crippen molar-refractivity contribution < 1.29 is 9.53 Å². The number of aldehydes is 1. The maximum Gasteiger partial charge on any atom is 0.150 e. The van der Waals surface area contributed by atoms with E-state index >= 15 is 0 Å². The van der Waals surface area contributed by atoms with Crippen LogP contribution in [-0.2, 0) is 0 Å². The van der Waals surface area contributed by atoms with Gasteiger partial charge in [-0.05, 0) is 50.6 Å². The van der Waals surface area contributed by atoms with Crippen LogP contribution in [0.25, 0.3) is 0 Å². The highest BCUT2D eigenvalue weighted by molar-refractivity contribution is 5.74. The second kappa shape index (κ2) is 6.55. The number of benzene rings is 1. The van der Waals surface area contributed by atoms with Gasteiger partial charge in [-0.2, -0.15) is 0 Å². The summed E-state index contributed by atoms with van der Waals surface area (Å²) in [6, 6.07) is 7.95. The van der Waals surface area contributed by atoms with Crippen molar-refractivity contribution in [1.29, 1.82) is 0 Å². The van der Waals surface area contributed by atoms with E-state index in [9.17, 15) is 4.79 Å². The van der Waals surface area contributed by atoms with Crippen LogP contribution in [-0.4, -0.2) is 36.9 Å². The molecule has 0 amide bonds. The number of nitrogens with zero attached hydrogens (tertiary/aromatic N) is 1. The highest BCUT2D eigenvalue weighted by Gasteiger charge is 2.17. The van der Waals surface area contributed by atoms with Crippen molar-refractivity contribution >= 4 is 6.29 Å². The van der Waals surface area contributed by atoms with E-state index in [0.717, 1.165) is 18.6 Å². The van der Waals surface area contributed by atoms with Gasteiger partial charge in [-0.1, -0.05) is 6.42 Å². The van der Waals surface area contributed by atoms with Crippen molar-refractivity contribution in [2.24, 2.45) is 0 Å². The Hall–Kier alpha value is -1.35. The monoisotopic (exact) mass is 247 g/mol. The molecule has 0 unspecified atom stereocenters. The Morgan fingerprint density at radius 3 is 2.78 bits per heavy atom. The topological polar surface area (TPSA) is 29.5 Å². The number of likely N-dealkylation sites (tertiary alicyclic amines) is 1. The smallest absolute Gasteiger partial charge is 0.150 e. The van der Waals surface area contributed by atoms with Crippen LogP contribution in [0.4, 0.5) is 0 Å². The Balaban J connectivity index is 1.75. The van der Waals surface area contributed by atoms with E-state index in [1.165, 1.54) is 25.8 Å². The van der Waals surface area contributed by atoms with Gasteiger partial charge in [0.15, 0.2) is 0 Å². The minimum Gasteiger partial charge on any atom is -0.492 e. The fourth-order valence-electron chi connectivity index (χ4n) is 2.41. The molecule has 1 aliphatic heterocycles. The lowest BCUT2D eigenvalue weighted by Gasteiger charge is -2.33. The van der Waals surface area contributed by atoms with Gasteiger partial charge in [-0.25, -0.2) is 0 Å². The van der Waals surface area contributed by atoms with Gasteiger partial charge in [0.05, 0.1) is 0 Å². The molecule has 1 heterocycles. The van der Waals surface area contributed by atoms with Crippen LogP contribution in [0.2, 0.25) is 0 Å². The molecule has 0 aliphatic carbocycles. The first kappa shape index (κ1) is 13.1. The molecule has 0 bridgehead atoms. The maximum absolute atomic E-state index is 10.5. The molecule has 1 fully saturated rings. The van der Waals surface area contributed by atoms with Crippen molar-refractivity contribution in [2.45, 2.75) is 32.2 Å². The number of ether oxygens (including phenoxy) is 1. The Morgan fingerprint density at radius 2 is 2.11 bits per heavy atom. The molecule has 3 heteroatoms. The largest absolute Gasteiger partial charge is 0.492 e. The fraction of sp³-hybridized carbons (Fsp3) is 0.533. The average molecular weight is 247 g/mol. The van der Waals surface area contributed by atoms with Crippen molar-refractivity contribution in [3.05, 3.63) is 29.8 Å². The van der Waals surface area contributed by atoms with Gasteiger partial charge in [0.25, 0.3) is 0 Å². The molecule has 0 saturated carbocycles. The zero-order valence-corrected chi connectivity index (χ0v) is 11.0. The van der Waals surface area contributed by atoms with Crippen molar-refractivity contribution in [3.8, 4) is 5.75 Å². The first-order valence-electron chi connectivity index (χ1n) is 6.71. The lowest BCUT2D eigenvalue weighted by Crippen LogP contribution is -2.39. The van der Waals surface area contributed by atoms with Gasteiger partial charge in [-0.15, -0.1) is 0 Å².